The number of halogens is 1. The normalized spacial score (nSPS) is 33.9. The summed E-state index contributed by atoms with van der Waals surface area (Å²) in [6.07, 6.45) is 0. The van der Waals surface area contributed by atoms with Crippen LogP contribution in [-0.4, -0.2) is 4.87 Å². The summed E-state index contributed by atoms with van der Waals surface area (Å²) >= 11 is 6.48. The van der Waals surface area contributed by atoms with E-state index in [9.17, 15) is 0 Å². The van der Waals surface area contributed by atoms with Crippen LogP contribution in [0.2, 0.25) is 0 Å². The highest BCUT2D eigenvalue weighted by Crippen LogP contribution is 2.64. The summed E-state index contributed by atoms with van der Waals surface area (Å²) in [6.45, 7) is 10.3. The van der Waals surface area contributed by atoms with Crippen LogP contribution in [0.25, 0.3) is 0 Å². The number of hydrogen-bond acceptors (Lipinski definition) is 0. The molecule has 3 atom stereocenters. The minimum absolute atomic E-state index is 0.124. The van der Waals surface area contributed by atoms with Crippen molar-refractivity contribution < 1.29 is 0 Å². The molecule has 1 fully saturated rings. The van der Waals surface area contributed by atoms with Crippen LogP contribution >= 0.6 is 11.6 Å². The Bertz CT molecular complexity index is 386. The zero-order valence-corrected chi connectivity index (χ0v) is 10.3. The second-order valence-corrected chi connectivity index (χ2v) is 5.68. The van der Waals surface area contributed by atoms with E-state index in [1.807, 2.05) is 0 Å². The quantitative estimate of drug-likeness (QED) is 0.516. The molecule has 1 heteroatoms. The Morgan fingerprint density at radius 1 is 1.33 bits per heavy atom. The lowest BCUT2D eigenvalue weighted by Crippen LogP contribution is -1.95. The molecule has 1 aromatic carbocycles. The van der Waals surface area contributed by atoms with E-state index in [0.29, 0.717) is 11.8 Å². The summed E-state index contributed by atoms with van der Waals surface area (Å²) in [7, 11) is 0. The molecule has 0 N–H and O–H groups in total. The molecule has 0 radical (unpaired) electrons. The third-order valence-electron chi connectivity index (χ3n) is 3.41. The highest BCUT2D eigenvalue weighted by Gasteiger charge is 2.60. The van der Waals surface area contributed by atoms with Crippen molar-refractivity contribution in [3.05, 3.63) is 47.5 Å². The second kappa shape index (κ2) is 3.38. The fourth-order valence-corrected chi connectivity index (χ4v) is 3.04. The summed E-state index contributed by atoms with van der Waals surface area (Å²) in [4.78, 5) is -0.124. The maximum Gasteiger partial charge on any atom is 0.0564 e. The van der Waals surface area contributed by atoms with E-state index in [2.05, 4.69) is 51.6 Å². The Hall–Kier alpha value is -0.750. The minimum atomic E-state index is -0.124. The van der Waals surface area contributed by atoms with Crippen molar-refractivity contribution in [2.24, 2.45) is 5.92 Å². The molecule has 0 aromatic heterocycles. The van der Waals surface area contributed by atoms with Crippen molar-refractivity contribution in [3.8, 4) is 0 Å². The lowest BCUT2D eigenvalue weighted by atomic mass is 10.1. The van der Waals surface area contributed by atoms with Gasteiger partial charge in [0.05, 0.1) is 4.87 Å². The van der Waals surface area contributed by atoms with E-state index in [-0.39, 0.29) is 4.87 Å². The summed E-state index contributed by atoms with van der Waals surface area (Å²) < 4.78 is 0. The fourth-order valence-electron chi connectivity index (χ4n) is 2.54. The van der Waals surface area contributed by atoms with Crippen molar-refractivity contribution >= 4 is 11.6 Å². The van der Waals surface area contributed by atoms with Crippen molar-refractivity contribution in [1.29, 1.82) is 0 Å². The number of rotatable bonds is 2. The van der Waals surface area contributed by atoms with E-state index < -0.39 is 0 Å². The number of alkyl halides is 1. The van der Waals surface area contributed by atoms with Crippen LogP contribution in [0.3, 0.4) is 0 Å². The van der Waals surface area contributed by atoms with Gasteiger partial charge in [-0.1, -0.05) is 42.0 Å². The van der Waals surface area contributed by atoms with Gasteiger partial charge in [0.15, 0.2) is 0 Å². The largest absolute Gasteiger partial charge is 0.118 e. The van der Waals surface area contributed by atoms with Crippen LogP contribution in [0.1, 0.15) is 30.9 Å². The highest BCUT2D eigenvalue weighted by atomic mass is 35.5. The van der Waals surface area contributed by atoms with Gasteiger partial charge in [0, 0.05) is 11.8 Å². The van der Waals surface area contributed by atoms with E-state index >= 15 is 0 Å². The van der Waals surface area contributed by atoms with Crippen LogP contribution < -0.4 is 0 Å². The van der Waals surface area contributed by atoms with Gasteiger partial charge < -0.3 is 0 Å². The average molecular weight is 221 g/mol. The minimum Gasteiger partial charge on any atom is -0.118 e. The number of hydrogen-bond donors (Lipinski definition) is 0. The molecule has 80 valence electrons. The SMILES string of the molecule is C=C(C)C1C(c2ccc(C)cc2)C1(C)Cl. The summed E-state index contributed by atoms with van der Waals surface area (Å²) in [6, 6.07) is 8.67. The topological polar surface area (TPSA) is 0 Å². The zero-order valence-electron chi connectivity index (χ0n) is 9.55. The molecule has 1 aromatic rings. The lowest BCUT2D eigenvalue weighted by Gasteiger charge is -2.01. The molecule has 1 aliphatic carbocycles. The first-order valence-corrected chi connectivity index (χ1v) is 5.73. The molecule has 1 aliphatic rings. The van der Waals surface area contributed by atoms with Crippen LogP contribution in [-0.2, 0) is 0 Å². The number of allylic oxidation sites excluding steroid dienone is 1. The van der Waals surface area contributed by atoms with Crippen molar-refractivity contribution in [2.45, 2.75) is 31.6 Å². The van der Waals surface area contributed by atoms with E-state index in [1.54, 1.807) is 0 Å². The van der Waals surface area contributed by atoms with Crippen LogP contribution in [0, 0.1) is 12.8 Å². The first-order valence-electron chi connectivity index (χ1n) is 5.35. The lowest BCUT2D eigenvalue weighted by molar-refractivity contribution is 0.894. The van der Waals surface area contributed by atoms with E-state index in [0.717, 1.165) is 0 Å². The summed E-state index contributed by atoms with van der Waals surface area (Å²) in [5, 5.41) is 0. The van der Waals surface area contributed by atoms with Gasteiger partial charge in [0.25, 0.3) is 0 Å². The summed E-state index contributed by atoms with van der Waals surface area (Å²) in [5.74, 6) is 0.874. The number of benzene rings is 1. The molecule has 0 spiro atoms. The highest BCUT2D eigenvalue weighted by molar-refractivity contribution is 6.27. The first-order chi connectivity index (χ1) is 6.94. The Morgan fingerprint density at radius 2 is 1.87 bits per heavy atom. The molecule has 0 aliphatic heterocycles. The Balaban J connectivity index is 2.27. The number of aryl methyl sites for hydroxylation is 1. The molecule has 0 bridgehead atoms. The van der Waals surface area contributed by atoms with Crippen molar-refractivity contribution in [3.63, 3.8) is 0 Å². The zero-order chi connectivity index (χ0) is 11.2. The van der Waals surface area contributed by atoms with Gasteiger partial charge in [-0.15, -0.1) is 11.6 Å². The standard InChI is InChI=1S/C14H17Cl/c1-9(2)12-13(14(12,4)15)11-7-5-10(3)6-8-11/h5-8,12-13H,1H2,2-4H3. The first kappa shape index (κ1) is 10.8. The van der Waals surface area contributed by atoms with E-state index in [4.69, 9.17) is 11.6 Å². The molecular formula is C14H17Cl. The Kier molecular flexibility index (Phi) is 2.42. The van der Waals surface area contributed by atoms with Gasteiger partial charge in [-0.25, -0.2) is 0 Å². The predicted molar refractivity (Wildman–Crippen MR) is 66.5 cm³/mol. The van der Waals surface area contributed by atoms with E-state index in [1.165, 1.54) is 16.7 Å². The third-order valence-corrected chi connectivity index (χ3v) is 3.88. The van der Waals surface area contributed by atoms with Crippen molar-refractivity contribution in [2.75, 3.05) is 0 Å². The van der Waals surface area contributed by atoms with Gasteiger partial charge in [-0.3, -0.25) is 0 Å². The van der Waals surface area contributed by atoms with Crippen molar-refractivity contribution in [1.82, 2.24) is 0 Å². The van der Waals surface area contributed by atoms with Crippen LogP contribution in [0.15, 0.2) is 36.4 Å². The van der Waals surface area contributed by atoms with Gasteiger partial charge in [0.2, 0.25) is 0 Å². The van der Waals surface area contributed by atoms with Crippen LogP contribution in [0.4, 0.5) is 0 Å². The van der Waals surface area contributed by atoms with Gasteiger partial charge in [-0.2, -0.15) is 0 Å². The predicted octanol–water partition coefficient (Wildman–Crippen LogP) is 4.28. The maximum atomic E-state index is 6.48. The van der Waals surface area contributed by atoms with Gasteiger partial charge in [-0.05, 0) is 26.3 Å². The molecule has 2 rings (SSSR count). The summed E-state index contributed by atoms with van der Waals surface area (Å²) in [5.41, 5.74) is 3.83. The third kappa shape index (κ3) is 1.72. The molecule has 0 saturated heterocycles. The average Bonchev–Trinajstić information content (AvgIpc) is 2.70. The van der Waals surface area contributed by atoms with Crippen LogP contribution in [0.5, 0.6) is 0 Å². The van der Waals surface area contributed by atoms with Gasteiger partial charge >= 0.3 is 0 Å². The van der Waals surface area contributed by atoms with Gasteiger partial charge in [0.1, 0.15) is 0 Å². The Morgan fingerprint density at radius 3 is 2.27 bits per heavy atom. The smallest absolute Gasteiger partial charge is 0.0564 e. The second-order valence-electron chi connectivity index (χ2n) is 4.86. The molecule has 3 unspecified atom stereocenters. The maximum absolute atomic E-state index is 6.48. The molecule has 1 saturated carbocycles. The molecule has 0 nitrogen and oxygen atoms in total. The molecule has 0 amide bonds. The molecular weight excluding hydrogens is 204 g/mol. The monoisotopic (exact) mass is 220 g/mol. The molecule has 0 heterocycles. The Labute approximate surface area is 97.0 Å². The molecule has 15 heavy (non-hydrogen) atoms. The fraction of sp³-hybridized carbons (Fsp3) is 0.429.